The summed E-state index contributed by atoms with van der Waals surface area (Å²) in [4.78, 5) is 0. The van der Waals surface area contributed by atoms with E-state index in [9.17, 15) is 8.42 Å². The topological polar surface area (TPSA) is 52.6 Å². The Morgan fingerprint density at radius 3 is 0.971 bits per heavy atom. The number of rotatable bonds is 28. The molecule has 0 bridgehead atoms. The van der Waals surface area contributed by atoms with Crippen LogP contribution in [0.4, 0.5) is 0 Å². The SMILES string of the molecule is CCCCCCCCCCCCC/C=C/OS(=O)(=O)O/C=C/CCCCCCCCCCCCC. The van der Waals surface area contributed by atoms with Gasteiger partial charge in [0.2, 0.25) is 0 Å². The number of unbranched alkanes of at least 4 members (excludes halogenated alkanes) is 22. The molecule has 0 saturated carbocycles. The molecule has 0 aliphatic rings. The minimum atomic E-state index is -3.99. The van der Waals surface area contributed by atoms with Crippen LogP contribution >= 0.6 is 0 Å². The minimum absolute atomic E-state index is 0.835. The predicted molar refractivity (Wildman–Crippen MR) is 152 cm³/mol. The highest BCUT2D eigenvalue weighted by Gasteiger charge is 2.07. The standard InChI is InChI=1S/C30H58O4S/c1-3-5-7-9-11-13-15-17-19-21-23-25-27-29-33-35(31,32)34-30-28-26-24-22-20-18-16-14-12-10-8-6-4-2/h27-30H,3-26H2,1-2H3/b29-27+,30-28+. The molecule has 5 heteroatoms. The van der Waals surface area contributed by atoms with E-state index in [1.807, 2.05) is 0 Å². The van der Waals surface area contributed by atoms with Crippen molar-refractivity contribution in [3.8, 4) is 0 Å². The molecule has 0 spiro atoms. The quantitative estimate of drug-likeness (QED) is 0.0769. The summed E-state index contributed by atoms with van der Waals surface area (Å²) in [7, 11) is -3.99. The second-order valence-electron chi connectivity index (χ2n) is 9.99. The van der Waals surface area contributed by atoms with E-state index in [1.165, 1.54) is 141 Å². The van der Waals surface area contributed by atoms with Gasteiger partial charge in [0.15, 0.2) is 0 Å². The molecule has 0 fully saturated rings. The maximum Gasteiger partial charge on any atom is 0.499 e. The van der Waals surface area contributed by atoms with Gasteiger partial charge in [0.25, 0.3) is 0 Å². The Hall–Kier alpha value is -0.970. The summed E-state index contributed by atoms with van der Waals surface area (Å²) >= 11 is 0. The molecule has 4 nitrogen and oxygen atoms in total. The highest BCUT2D eigenvalue weighted by molar-refractivity contribution is 7.82. The maximum absolute atomic E-state index is 11.7. The third kappa shape index (κ3) is 29.2. The van der Waals surface area contributed by atoms with Crippen LogP contribution in [-0.4, -0.2) is 8.42 Å². The maximum atomic E-state index is 11.7. The summed E-state index contributed by atoms with van der Waals surface area (Å²) in [5, 5.41) is 0. The van der Waals surface area contributed by atoms with Crippen LogP contribution in [0.15, 0.2) is 24.7 Å². The molecular formula is C30H58O4S. The Kier molecular flexibility index (Phi) is 26.8. The zero-order valence-electron chi connectivity index (χ0n) is 23.3. The van der Waals surface area contributed by atoms with Crippen molar-refractivity contribution in [2.45, 2.75) is 168 Å². The highest BCUT2D eigenvalue weighted by atomic mass is 32.3. The average molecular weight is 515 g/mol. The highest BCUT2D eigenvalue weighted by Crippen LogP contribution is 2.13. The molecular weight excluding hydrogens is 456 g/mol. The summed E-state index contributed by atoms with van der Waals surface area (Å²) in [5.74, 6) is 0. The first kappa shape index (κ1) is 34.0. The van der Waals surface area contributed by atoms with Crippen molar-refractivity contribution in [3.63, 3.8) is 0 Å². The van der Waals surface area contributed by atoms with Crippen LogP contribution in [0, 0.1) is 0 Å². The predicted octanol–water partition coefficient (Wildman–Crippen LogP) is 10.7. The Labute approximate surface area is 219 Å². The van der Waals surface area contributed by atoms with Crippen LogP contribution in [0.2, 0.25) is 0 Å². The normalized spacial score (nSPS) is 12.2. The molecule has 0 aliphatic carbocycles. The van der Waals surface area contributed by atoms with Crippen molar-refractivity contribution in [2.24, 2.45) is 0 Å². The zero-order valence-corrected chi connectivity index (χ0v) is 24.1. The minimum Gasteiger partial charge on any atom is -0.361 e. The molecule has 0 N–H and O–H groups in total. The van der Waals surface area contributed by atoms with Crippen molar-refractivity contribution in [2.75, 3.05) is 0 Å². The van der Waals surface area contributed by atoms with Crippen LogP contribution in [0.5, 0.6) is 0 Å². The lowest BCUT2D eigenvalue weighted by molar-refractivity contribution is 0.334. The smallest absolute Gasteiger partial charge is 0.361 e. The Bertz CT molecular complexity index is 525. The van der Waals surface area contributed by atoms with E-state index in [4.69, 9.17) is 8.37 Å². The molecule has 0 atom stereocenters. The van der Waals surface area contributed by atoms with E-state index in [0.717, 1.165) is 25.7 Å². The third-order valence-electron chi connectivity index (χ3n) is 6.49. The lowest BCUT2D eigenvalue weighted by Crippen LogP contribution is -2.02. The van der Waals surface area contributed by atoms with E-state index >= 15 is 0 Å². The largest absolute Gasteiger partial charge is 0.499 e. The molecule has 0 rings (SSSR count). The lowest BCUT2D eigenvalue weighted by atomic mass is 10.1. The van der Waals surface area contributed by atoms with Gasteiger partial charge in [0.1, 0.15) is 12.5 Å². The van der Waals surface area contributed by atoms with Gasteiger partial charge in [-0.3, -0.25) is 0 Å². The summed E-state index contributed by atoms with van der Waals surface area (Å²) in [5.41, 5.74) is 0. The monoisotopic (exact) mass is 514 g/mol. The molecule has 0 aromatic heterocycles. The summed E-state index contributed by atoms with van der Waals surface area (Å²) in [6, 6.07) is 0. The van der Waals surface area contributed by atoms with Gasteiger partial charge in [0.05, 0.1) is 0 Å². The number of hydrogen-bond acceptors (Lipinski definition) is 4. The van der Waals surface area contributed by atoms with Crippen LogP contribution in [0.3, 0.4) is 0 Å². The summed E-state index contributed by atoms with van der Waals surface area (Å²) in [6.07, 6.45) is 36.4. The van der Waals surface area contributed by atoms with E-state index in [0.29, 0.717) is 0 Å². The first-order valence-electron chi connectivity index (χ1n) is 15.0. The molecule has 0 aromatic rings. The van der Waals surface area contributed by atoms with Crippen molar-refractivity contribution in [3.05, 3.63) is 24.7 Å². The van der Waals surface area contributed by atoms with Gasteiger partial charge in [-0.1, -0.05) is 142 Å². The van der Waals surface area contributed by atoms with Gasteiger partial charge in [0, 0.05) is 0 Å². The first-order valence-corrected chi connectivity index (χ1v) is 16.4. The van der Waals surface area contributed by atoms with Gasteiger partial charge in [-0.25, -0.2) is 0 Å². The molecule has 208 valence electrons. The number of allylic oxidation sites excluding steroid dienone is 2. The van der Waals surface area contributed by atoms with E-state index in [1.54, 1.807) is 12.2 Å². The molecule has 0 unspecified atom stereocenters. The Balaban J connectivity index is 3.46. The van der Waals surface area contributed by atoms with Crippen LogP contribution in [-0.2, 0) is 18.8 Å². The van der Waals surface area contributed by atoms with Gasteiger partial charge >= 0.3 is 10.4 Å². The van der Waals surface area contributed by atoms with Gasteiger partial charge in [-0.05, 0) is 37.8 Å². The van der Waals surface area contributed by atoms with E-state index < -0.39 is 10.4 Å². The Morgan fingerprint density at radius 2 is 0.686 bits per heavy atom. The summed E-state index contributed by atoms with van der Waals surface area (Å²) < 4.78 is 33.0. The fourth-order valence-corrected chi connectivity index (χ4v) is 4.70. The molecule has 0 amide bonds. The zero-order chi connectivity index (χ0) is 25.7. The molecule has 0 aliphatic heterocycles. The van der Waals surface area contributed by atoms with Crippen molar-refractivity contribution in [1.82, 2.24) is 0 Å². The average Bonchev–Trinajstić information content (AvgIpc) is 2.84. The molecule has 35 heavy (non-hydrogen) atoms. The second kappa shape index (κ2) is 27.6. The van der Waals surface area contributed by atoms with E-state index in [-0.39, 0.29) is 0 Å². The molecule has 0 saturated heterocycles. The van der Waals surface area contributed by atoms with Crippen molar-refractivity contribution in [1.29, 1.82) is 0 Å². The Morgan fingerprint density at radius 1 is 0.429 bits per heavy atom. The first-order chi connectivity index (χ1) is 17.1. The third-order valence-corrected chi connectivity index (χ3v) is 7.18. The molecule has 0 radical (unpaired) electrons. The van der Waals surface area contributed by atoms with Crippen LogP contribution < -0.4 is 0 Å². The molecule has 0 heterocycles. The lowest BCUT2D eigenvalue weighted by Gasteiger charge is -2.02. The number of hydrogen-bond donors (Lipinski definition) is 0. The van der Waals surface area contributed by atoms with Gasteiger partial charge in [-0.15, -0.1) is 8.42 Å². The van der Waals surface area contributed by atoms with Crippen LogP contribution in [0.25, 0.3) is 0 Å². The van der Waals surface area contributed by atoms with Crippen molar-refractivity contribution < 1.29 is 16.8 Å². The second-order valence-corrected chi connectivity index (χ2v) is 11.2. The van der Waals surface area contributed by atoms with Crippen LogP contribution in [0.1, 0.15) is 168 Å². The molecule has 0 aromatic carbocycles. The van der Waals surface area contributed by atoms with E-state index in [2.05, 4.69) is 13.8 Å². The van der Waals surface area contributed by atoms with Gasteiger partial charge in [-0.2, -0.15) is 0 Å². The summed E-state index contributed by atoms with van der Waals surface area (Å²) in [6.45, 7) is 4.51. The van der Waals surface area contributed by atoms with Crippen molar-refractivity contribution >= 4 is 10.4 Å². The fraction of sp³-hybridized carbons (Fsp3) is 0.867. The fourth-order valence-electron chi connectivity index (χ4n) is 4.23. The van der Waals surface area contributed by atoms with Gasteiger partial charge < -0.3 is 8.37 Å².